The van der Waals surface area contributed by atoms with E-state index in [2.05, 4.69) is 41.5 Å². The molecule has 2 nitrogen and oxygen atoms in total. The molecule has 0 unspecified atom stereocenters. The SMILES string of the molecule is CC(C)C(CCCCCCCCCO[C@@H](C)C=O)(C(C)C)C(C)C. The third-order valence-corrected chi connectivity index (χ3v) is 6.05. The molecule has 0 aliphatic carbocycles. The smallest absolute Gasteiger partial charge is 0.148 e. The van der Waals surface area contributed by atoms with Gasteiger partial charge in [-0.15, -0.1) is 0 Å². The number of rotatable bonds is 15. The van der Waals surface area contributed by atoms with Crippen molar-refractivity contribution in [3.05, 3.63) is 0 Å². The molecule has 24 heavy (non-hydrogen) atoms. The molecule has 0 bridgehead atoms. The van der Waals surface area contributed by atoms with Gasteiger partial charge in [0, 0.05) is 6.61 Å². The van der Waals surface area contributed by atoms with Crippen molar-refractivity contribution in [2.45, 2.75) is 106 Å². The molecule has 0 saturated heterocycles. The molecule has 0 aromatic carbocycles. The molecule has 0 aliphatic heterocycles. The van der Waals surface area contributed by atoms with E-state index >= 15 is 0 Å². The quantitative estimate of drug-likeness (QED) is 0.246. The fraction of sp³-hybridized carbons (Fsp3) is 0.955. The predicted octanol–water partition coefficient (Wildman–Crippen LogP) is 6.67. The lowest BCUT2D eigenvalue weighted by molar-refractivity contribution is -0.117. The third kappa shape index (κ3) is 8.14. The molecule has 0 N–H and O–H groups in total. The maximum Gasteiger partial charge on any atom is 0.148 e. The van der Waals surface area contributed by atoms with Crippen molar-refractivity contribution in [1.29, 1.82) is 0 Å². The van der Waals surface area contributed by atoms with Gasteiger partial charge in [-0.2, -0.15) is 0 Å². The van der Waals surface area contributed by atoms with Gasteiger partial charge in [0.15, 0.2) is 0 Å². The zero-order valence-electron chi connectivity index (χ0n) is 17.6. The van der Waals surface area contributed by atoms with E-state index in [1.165, 1.54) is 44.9 Å². The summed E-state index contributed by atoms with van der Waals surface area (Å²) in [6.45, 7) is 17.0. The minimum absolute atomic E-state index is 0.242. The Hall–Kier alpha value is -0.370. The zero-order chi connectivity index (χ0) is 18.6. The fourth-order valence-corrected chi connectivity index (χ4v) is 4.59. The van der Waals surface area contributed by atoms with E-state index < -0.39 is 0 Å². The Morgan fingerprint density at radius 2 is 1.12 bits per heavy atom. The summed E-state index contributed by atoms with van der Waals surface area (Å²) >= 11 is 0. The molecule has 0 radical (unpaired) electrons. The average Bonchev–Trinajstić information content (AvgIpc) is 2.51. The summed E-state index contributed by atoms with van der Waals surface area (Å²) in [6, 6.07) is 0. The summed E-state index contributed by atoms with van der Waals surface area (Å²) in [5.74, 6) is 2.27. The van der Waals surface area contributed by atoms with Gasteiger partial charge in [-0.05, 0) is 42.9 Å². The Bertz CT molecular complexity index is 285. The van der Waals surface area contributed by atoms with E-state index in [1.807, 2.05) is 0 Å². The molecule has 0 aromatic rings. The van der Waals surface area contributed by atoms with Crippen LogP contribution in [0, 0.1) is 23.2 Å². The standard InChI is InChI=1S/C22H44O2/c1-18(2)22(19(3)4,20(5)6)15-13-11-9-8-10-12-14-16-24-21(7)17-23/h17-21H,8-16H2,1-7H3/t21-/m0/s1. The number of hydrogen-bond donors (Lipinski definition) is 0. The molecule has 0 aromatic heterocycles. The number of carbonyl (C=O) groups is 1. The average molecular weight is 341 g/mol. The molecule has 0 rings (SSSR count). The highest BCUT2D eigenvalue weighted by Crippen LogP contribution is 2.47. The van der Waals surface area contributed by atoms with E-state index in [0.29, 0.717) is 5.41 Å². The summed E-state index contributed by atoms with van der Waals surface area (Å²) in [4.78, 5) is 10.4. The van der Waals surface area contributed by atoms with Gasteiger partial charge in [-0.3, -0.25) is 0 Å². The van der Waals surface area contributed by atoms with E-state index in [4.69, 9.17) is 4.74 Å². The Kier molecular flexibility index (Phi) is 12.7. The summed E-state index contributed by atoms with van der Waals surface area (Å²) in [5, 5.41) is 0. The van der Waals surface area contributed by atoms with Crippen LogP contribution in [0.25, 0.3) is 0 Å². The van der Waals surface area contributed by atoms with E-state index in [-0.39, 0.29) is 6.10 Å². The maximum absolute atomic E-state index is 10.4. The summed E-state index contributed by atoms with van der Waals surface area (Å²) in [5.41, 5.74) is 0.493. The van der Waals surface area contributed by atoms with Gasteiger partial charge in [0.25, 0.3) is 0 Å². The summed E-state index contributed by atoms with van der Waals surface area (Å²) in [6.07, 6.45) is 11.0. The minimum atomic E-state index is -0.242. The zero-order valence-corrected chi connectivity index (χ0v) is 17.6. The van der Waals surface area contributed by atoms with Crippen molar-refractivity contribution in [2.75, 3.05) is 6.61 Å². The molecule has 0 spiro atoms. The second kappa shape index (κ2) is 12.9. The highest BCUT2D eigenvalue weighted by Gasteiger charge is 2.39. The van der Waals surface area contributed by atoms with Crippen LogP contribution in [-0.2, 0) is 9.53 Å². The highest BCUT2D eigenvalue weighted by molar-refractivity contribution is 5.55. The molecule has 0 fully saturated rings. The number of aldehydes is 1. The lowest BCUT2D eigenvalue weighted by Crippen LogP contribution is -2.38. The first-order valence-corrected chi connectivity index (χ1v) is 10.4. The van der Waals surface area contributed by atoms with Crippen molar-refractivity contribution in [3.63, 3.8) is 0 Å². The predicted molar refractivity (Wildman–Crippen MR) is 105 cm³/mol. The summed E-state index contributed by atoms with van der Waals surface area (Å²) in [7, 11) is 0. The van der Waals surface area contributed by atoms with Crippen molar-refractivity contribution in [3.8, 4) is 0 Å². The normalized spacial score (nSPS) is 13.9. The molecule has 144 valence electrons. The largest absolute Gasteiger partial charge is 0.371 e. The first-order valence-electron chi connectivity index (χ1n) is 10.4. The van der Waals surface area contributed by atoms with Gasteiger partial charge in [0.2, 0.25) is 0 Å². The topological polar surface area (TPSA) is 26.3 Å². The maximum atomic E-state index is 10.4. The second-order valence-corrected chi connectivity index (χ2v) is 8.51. The first kappa shape index (κ1) is 23.6. The number of ether oxygens (including phenoxy) is 1. The summed E-state index contributed by atoms with van der Waals surface area (Å²) < 4.78 is 5.37. The highest BCUT2D eigenvalue weighted by atomic mass is 16.5. The van der Waals surface area contributed by atoms with Crippen molar-refractivity contribution >= 4 is 6.29 Å². The van der Waals surface area contributed by atoms with E-state index in [1.54, 1.807) is 6.92 Å². The number of hydrogen-bond acceptors (Lipinski definition) is 2. The number of carbonyl (C=O) groups excluding carboxylic acids is 1. The Labute approximate surface area is 152 Å². The van der Waals surface area contributed by atoms with Gasteiger partial charge < -0.3 is 9.53 Å². The van der Waals surface area contributed by atoms with Crippen LogP contribution in [0.2, 0.25) is 0 Å². The van der Waals surface area contributed by atoms with Crippen LogP contribution in [-0.4, -0.2) is 19.0 Å². The number of unbranched alkanes of at least 4 members (excludes halogenated alkanes) is 6. The molecule has 1 atom stereocenters. The van der Waals surface area contributed by atoms with Gasteiger partial charge in [-0.25, -0.2) is 0 Å². The second-order valence-electron chi connectivity index (χ2n) is 8.51. The first-order chi connectivity index (χ1) is 11.3. The van der Waals surface area contributed by atoms with Crippen LogP contribution in [0.5, 0.6) is 0 Å². The van der Waals surface area contributed by atoms with Crippen LogP contribution >= 0.6 is 0 Å². The molecule has 0 heterocycles. The van der Waals surface area contributed by atoms with Crippen LogP contribution in [0.1, 0.15) is 99.8 Å². The van der Waals surface area contributed by atoms with E-state index in [9.17, 15) is 4.79 Å². The lowest BCUT2D eigenvalue weighted by Gasteiger charge is -2.45. The third-order valence-electron chi connectivity index (χ3n) is 6.05. The molecular formula is C22H44O2. The molecule has 0 saturated carbocycles. The van der Waals surface area contributed by atoms with Crippen LogP contribution in [0.4, 0.5) is 0 Å². The van der Waals surface area contributed by atoms with Crippen LogP contribution in [0.3, 0.4) is 0 Å². The Morgan fingerprint density at radius 1 is 0.708 bits per heavy atom. The van der Waals surface area contributed by atoms with Crippen molar-refractivity contribution in [1.82, 2.24) is 0 Å². The Balaban J connectivity index is 3.82. The minimum Gasteiger partial charge on any atom is -0.371 e. The van der Waals surface area contributed by atoms with Gasteiger partial charge in [0.1, 0.15) is 12.4 Å². The lowest BCUT2D eigenvalue weighted by atomic mass is 9.60. The van der Waals surface area contributed by atoms with Crippen molar-refractivity contribution < 1.29 is 9.53 Å². The van der Waals surface area contributed by atoms with Crippen LogP contribution < -0.4 is 0 Å². The molecule has 0 aliphatic rings. The van der Waals surface area contributed by atoms with Crippen LogP contribution in [0.15, 0.2) is 0 Å². The van der Waals surface area contributed by atoms with Crippen molar-refractivity contribution in [2.24, 2.45) is 23.2 Å². The molecule has 2 heteroatoms. The van der Waals surface area contributed by atoms with Gasteiger partial charge in [-0.1, -0.05) is 80.1 Å². The monoisotopic (exact) mass is 340 g/mol. The molecule has 0 amide bonds. The van der Waals surface area contributed by atoms with E-state index in [0.717, 1.165) is 37.1 Å². The molecular weight excluding hydrogens is 296 g/mol. The Morgan fingerprint density at radius 3 is 1.54 bits per heavy atom. The fourth-order valence-electron chi connectivity index (χ4n) is 4.59. The van der Waals surface area contributed by atoms with Gasteiger partial charge in [0.05, 0.1) is 0 Å². The van der Waals surface area contributed by atoms with Gasteiger partial charge >= 0.3 is 0 Å².